The van der Waals surface area contributed by atoms with Gasteiger partial charge in [-0.2, -0.15) is 0 Å². The molecular formula is C8H8N2O2S. The molecule has 0 spiro atoms. The van der Waals surface area contributed by atoms with Crippen LogP contribution in [0, 0.1) is 0 Å². The number of amides is 1. The molecule has 1 heterocycles. The third kappa shape index (κ3) is 3.16. The summed E-state index contributed by atoms with van der Waals surface area (Å²) < 4.78 is 0. The molecule has 0 fully saturated rings. The quantitative estimate of drug-likeness (QED) is 0.725. The molecule has 0 bridgehead atoms. The van der Waals surface area contributed by atoms with Gasteiger partial charge in [-0.25, -0.2) is 4.98 Å². The Labute approximate surface area is 79.1 Å². The molecule has 4 nitrogen and oxygen atoms in total. The summed E-state index contributed by atoms with van der Waals surface area (Å²) in [5.74, 6) is -0.387. The maximum atomic E-state index is 10.3. The number of primary amides is 1. The molecule has 1 amide bonds. The van der Waals surface area contributed by atoms with E-state index in [0.29, 0.717) is 17.0 Å². The molecule has 0 unspecified atom stereocenters. The Hall–Kier alpha value is -1.49. The van der Waals surface area contributed by atoms with Gasteiger partial charge in [0, 0.05) is 11.8 Å². The average Bonchev–Trinajstić information content (AvgIpc) is 2.52. The van der Waals surface area contributed by atoms with Crippen molar-refractivity contribution in [2.75, 3.05) is 0 Å². The van der Waals surface area contributed by atoms with Crippen LogP contribution in [0.2, 0.25) is 0 Å². The van der Waals surface area contributed by atoms with Crippen LogP contribution >= 0.6 is 11.3 Å². The predicted octanol–water partition coefficient (Wildman–Crippen LogP) is 0.844. The molecule has 0 aliphatic rings. The second-order valence-corrected chi connectivity index (χ2v) is 3.19. The molecule has 68 valence electrons. The minimum absolute atomic E-state index is 0.188. The molecule has 1 aromatic rings. The van der Waals surface area contributed by atoms with E-state index in [0.717, 1.165) is 0 Å². The van der Waals surface area contributed by atoms with Gasteiger partial charge < -0.3 is 5.73 Å². The lowest BCUT2D eigenvalue weighted by molar-refractivity contribution is -0.117. The molecule has 1 rings (SSSR count). The average molecular weight is 196 g/mol. The largest absolute Gasteiger partial charge is 0.369 e. The third-order valence-electron chi connectivity index (χ3n) is 1.25. The zero-order valence-electron chi connectivity index (χ0n) is 6.77. The molecule has 2 N–H and O–H groups in total. The van der Waals surface area contributed by atoms with Gasteiger partial charge in [0.1, 0.15) is 0 Å². The van der Waals surface area contributed by atoms with E-state index < -0.39 is 0 Å². The van der Waals surface area contributed by atoms with Gasteiger partial charge in [-0.05, 0) is 6.08 Å². The zero-order chi connectivity index (χ0) is 9.68. The number of carbonyl (C=O) groups is 2. The first kappa shape index (κ1) is 9.60. The number of nitrogens with zero attached hydrogens (tertiary/aromatic N) is 1. The summed E-state index contributed by atoms with van der Waals surface area (Å²) >= 11 is 1.26. The number of hydrogen-bond donors (Lipinski definition) is 1. The zero-order valence-corrected chi connectivity index (χ0v) is 7.58. The van der Waals surface area contributed by atoms with Crippen LogP contribution in [-0.2, 0) is 4.79 Å². The Kier molecular flexibility index (Phi) is 3.33. The summed E-state index contributed by atoms with van der Waals surface area (Å²) in [6.07, 6.45) is 4.16. The van der Waals surface area contributed by atoms with Crippen molar-refractivity contribution < 1.29 is 9.59 Å². The van der Waals surface area contributed by atoms with Crippen molar-refractivity contribution in [1.82, 2.24) is 4.98 Å². The molecule has 1 aromatic heterocycles. The topological polar surface area (TPSA) is 73.1 Å². The van der Waals surface area contributed by atoms with E-state index >= 15 is 0 Å². The highest BCUT2D eigenvalue weighted by atomic mass is 32.1. The van der Waals surface area contributed by atoms with Crippen molar-refractivity contribution in [3.8, 4) is 0 Å². The molecule has 0 aliphatic heterocycles. The highest BCUT2D eigenvalue weighted by molar-refractivity contribution is 7.11. The van der Waals surface area contributed by atoms with Crippen molar-refractivity contribution in [2.45, 2.75) is 6.42 Å². The van der Waals surface area contributed by atoms with E-state index in [4.69, 9.17) is 5.73 Å². The monoisotopic (exact) mass is 196 g/mol. The number of nitrogens with two attached hydrogens (primary N) is 1. The van der Waals surface area contributed by atoms with Crippen molar-refractivity contribution >= 4 is 29.6 Å². The van der Waals surface area contributed by atoms with Gasteiger partial charge in [-0.15, -0.1) is 11.3 Å². The number of carbonyl (C=O) groups excluding carboxylic acids is 2. The molecule has 5 heteroatoms. The van der Waals surface area contributed by atoms with Crippen molar-refractivity contribution in [3.63, 3.8) is 0 Å². The summed E-state index contributed by atoms with van der Waals surface area (Å²) in [5.41, 5.74) is 5.60. The fourth-order valence-corrected chi connectivity index (χ4v) is 1.31. The second kappa shape index (κ2) is 4.51. The number of rotatable bonds is 4. The molecule has 0 atom stereocenters. The SMILES string of the molecule is NC(=O)CC=Cc1csc(C=O)n1. The van der Waals surface area contributed by atoms with Gasteiger partial charge in [0.25, 0.3) is 0 Å². The Morgan fingerprint density at radius 2 is 2.46 bits per heavy atom. The van der Waals surface area contributed by atoms with Gasteiger partial charge in [0.2, 0.25) is 5.91 Å². The standard InChI is InChI=1S/C8H8N2O2S/c9-7(12)3-1-2-6-5-13-8(4-11)10-6/h1-2,4-5H,3H2,(H2,9,12). The molecule has 0 aliphatic carbocycles. The molecule has 0 radical (unpaired) electrons. The number of thiazole rings is 1. The lowest BCUT2D eigenvalue weighted by Crippen LogP contribution is -2.07. The summed E-state index contributed by atoms with van der Waals surface area (Å²) in [4.78, 5) is 24.5. The van der Waals surface area contributed by atoms with Gasteiger partial charge in [-0.3, -0.25) is 9.59 Å². The third-order valence-corrected chi connectivity index (χ3v) is 2.04. The van der Waals surface area contributed by atoms with Gasteiger partial charge in [-0.1, -0.05) is 6.08 Å². The van der Waals surface area contributed by atoms with Crippen LogP contribution in [0.25, 0.3) is 6.08 Å². The van der Waals surface area contributed by atoms with Gasteiger partial charge >= 0.3 is 0 Å². The van der Waals surface area contributed by atoms with E-state index in [1.54, 1.807) is 17.5 Å². The van der Waals surface area contributed by atoms with Gasteiger partial charge in [0.05, 0.1) is 5.69 Å². The Bertz CT molecular complexity index is 344. The summed E-state index contributed by atoms with van der Waals surface area (Å²) in [6, 6.07) is 0. The van der Waals surface area contributed by atoms with Crippen LogP contribution < -0.4 is 5.73 Å². The molecule has 0 saturated carbocycles. The number of aldehydes is 1. The van der Waals surface area contributed by atoms with Crippen LogP contribution in [0.5, 0.6) is 0 Å². The van der Waals surface area contributed by atoms with Crippen LogP contribution in [-0.4, -0.2) is 17.2 Å². The van der Waals surface area contributed by atoms with Crippen molar-refractivity contribution in [2.24, 2.45) is 5.73 Å². The first-order valence-corrected chi connectivity index (χ1v) is 4.46. The minimum atomic E-state index is -0.387. The maximum absolute atomic E-state index is 10.3. The summed E-state index contributed by atoms with van der Waals surface area (Å²) in [6.45, 7) is 0. The molecule has 13 heavy (non-hydrogen) atoms. The van der Waals surface area contributed by atoms with E-state index in [2.05, 4.69) is 4.98 Å². The van der Waals surface area contributed by atoms with E-state index in [-0.39, 0.29) is 12.3 Å². The lowest BCUT2D eigenvalue weighted by atomic mass is 10.3. The van der Waals surface area contributed by atoms with E-state index in [1.165, 1.54) is 11.3 Å². The highest BCUT2D eigenvalue weighted by Crippen LogP contribution is 2.08. The predicted molar refractivity (Wildman–Crippen MR) is 50.3 cm³/mol. The van der Waals surface area contributed by atoms with Crippen LogP contribution in [0.3, 0.4) is 0 Å². The van der Waals surface area contributed by atoms with Crippen molar-refractivity contribution in [3.05, 3.63) is 22.2 Å². The van der Waals surface area contributed by atoms with E-state index in [1.807, 2.05) is 0 Å². The van der Waals surface area contributed by atoms with E-state index in [9.17, 15) is 9.59 Å². The lowest BCUT2D eigenvalue weighted by Gasteiger charge is -1.83. The Morgan fingerprint density at radius 3 is 3.00 bits per heavy atom. The fourth-order valence-electron chi connectivity index (χ4n) is 0.727. The molecular weight excluding hydrogens is 188 g/mol. The van der Waals surface area contributed by atoms with Crippen LogP contribution in [0.1, 0.15) is 21.9 Å². The fraction of sp³-hybridized carbons (Fsp3) is 0.125. The van der Waals surface area contributed by atoms with Gasteiger partial charge in [0.15, 0.2) is 11.3 Å². The second-order valence-electron chi connectivity index (χ2n) is 2.30. The number of aromatic nitrogens is 1. The minimum Gasteiger partial charge on any atom is -0.369 e. The van der Waals surface area contributed by atoms with Crippen molar-refractivity contribution in [1.29, 1.82) is 0 Å². The van der Waals surface area contributed by atoms with Crippen LogP contribution in [0.15, 0.2) is 11.5 Å². The number of hydrogen-bond acceptors (Lipinski definition) is 4. The Morgan fingerprint density at radius 1 is 1.69 bits per heavy atom. The smallest absolute Gasteiger partial charge is 0.221 e. The first-order chi connectivity index (χ1) is 6.22. The highest BCUT2D eigenvalue weighted by Gasteiger charge is 1.96. The molecule has 0 aromatic carbocycles. The normalized spacial score (nSPS) is 10.5. The maximum Gasteiger partial charge on any atom is 0.221 e. The Balaban J connectivity index is 2.58. The molecule has 0 saturated heterocycles. The van der Waals surface area contributed by atoms with Crippen LogP contribution in [0.4, 0.5) is 0 Å². The first-order valence-electron chi connectivity index (χ1n) is 3.58. The summed E-state index contributed by atoms with van der Waals surface area (Å²) in [7, 11) is 0. The summed E-state index contributed by atoms with van der Waals surface area (Å²) in [5, 5.41) is 2.17.